The zero-order valence-corrected chi connectivity index (χ0v) is 22.7. The summed E-state index contributed by atoms with van der Waals surface area (Å²) in [6.07, 6.45) is 0.854. The van der Waals surface area contributed by atoms with Gasteiger partial charge in [0.1, 0.15) is 36.1 Å². The molecule has 4 rings (SSSR count). The van der Waals surface area contributed by atoms with E-state index in [9.17, 15) is 9.59 Å². The molecule has 3 aromatic rings. The van der Waals surface area contributed by atoms with Crippen molar-refractivity contribution in [2.75, 3.05) is 25.7 Å². The van der Waals surface area contributed by atoms with Gasteiger partial charge < -0.3 is 28.6 Å². The van der Waals surface area contributed by atoms with Gasteiger partial charge in [0.15, 0.2) is 0 Å². The lowest BCUT2D eigenvalue weighted by atomic mass is 10.1. The van der Waals surface area contributed by atoms with Crippen LogP contribution in [0.1, 0.15) is 43.1 Å². The molecule has 1 aliphatic heterocycles. The zero-order chi connectivity index (χ0) is 27.8. The van der Waals surface area contributed by atoms with E-state index in [2.05, 4.69) is 4.90 Å². The highest BCUT2D eigenvalue weighted by Gasteiger charge is 2.39. The number of ether oxygens (including phenoxy) is 5. The predicted molar refractivity (Wildman–Crippen MR) is 145 cm³/mol. The van der Waals surface area contributed by atoms with Crippen LogP contribution in [0.15, 0.2) is 66.9 Å². The number of benzene rings is 2. The Bertz CT molecular complexity index is 1180. The van der Waals surface area contributed by atoms with E-state index in [4.69, 9.17) is 28.7 Å². The summed E-state index contributed by atoms with van der Waals surface area (Å²) in [6, 6.07) is 19.9. The van der Waals surface area contributed by atoms with Crippen molar-refractivity contribution < 1.29 is 33.3 Å². The van der Waals surface area contributed by atoms with Gasteiger partial charge in [0.2, 0.25) is 0 Å². The number of hydrogen-bond acceptors (Lipinski definition) is 9. The van der Waals surface area contributed by atoms with Gasteiger partial charge in [0.25, 0.3) is 0 Å². The Labute approximate surface area is 228 Å². The molecule has 0 unspecified atom stereocenters. The van der Waals surface area contributed by atoms with Gasteiger partial charge in [-0.05, 0) is 47.0 Å². The van der Waals surface area contributed by atoms with Crippen LogP contribution in [-0.4, -0.2) is 50.0 Å². The molecule has 9 heteroatoms. The summed E-state index contributed by atoms with van der Waals surface area (Å²) >= 11 is 0. The molecular formula is C30H34N2O7. The molecule has 206 valence electrons. The number of carbonyl (C=O) groups excluding carboxylic acids is 2. The first kappa shape index (κ1) is 27.9. The molecule has 0 radical (unpaired) electrons. The second-order valence-electron chi connectivity index (χ2n) is 9.35. The molecule has 2 heterocycles. The van der Waals surface area contributed by atoms with Crippen molar-refractivity contribution in [3.05, 3.63) is 83.6 Å². The quantitative estimate of drug-likeness (QED) is 0.326. The normalized spacial score (nSPS) is 18.3. The molecule has 3 atom stereocenters. The van der Waals surface area contributed by atoms with Crippen molar-refractivity contribution in [2.45, 2.75) is 51.7 Å². The SMILES string of the molecule is COc1ccc(CN(Cc2ccc(OC)cc2)c2ccc([C@@H]3C[C@H](OC(C)=O)[C@@H](COC(C)=O)O3)cn2)cc1. The Morgan fingerprint density at radius 1 is 0.872 bits per heavy atom. The summed E-state index contributed by atoms with van der Waals surface area (Å²) in [6.45, 7) is 3.99. The van der Waals surface area contributed by atoms with E-state index in [0.717, 1.165) is 34.0 Å². The van der Waals surface area contributed by atoms with Crippen molar-refractivity contribution in [3.63, 3.8) is 0 Å². The van der Waals surface area contributed by atoms with Crippen molar-refractivity contribution in [1.82, 2.24) is 4.98 Å². The molecule has 1 fully saturated rings. The molecule has 0 N–H and O–H groups in total. The third-order valence-electron chi connectivity index (χ3n) is 6.50. The predicted octanol–water partition coefficient (Wildman–Crippen LogP) is 4.63. The van der Waals surface area contributed by atoms with Crippen LogP contribution in [0.2, 0.25) is 0 Å². The number of carbonyl (C=O) groups is 2. The molecule has 9 nitrogen and oxygen atoms in total. The minimum atomic E-state index is -0.538. The van der Waals surface area contributed by atoms with Gasteiger partial charge in [-0.1, -0.05) is 30.3 Å². The number of rotatable bonds is 11. The molecule has 0 bridgehead atoms. The summed E-state index contributed by atoms with van der Waals surface area (Å²) in [5, 5.41) is 0. The van der Waals surface area contributed by atoms with E-state index in [1.807, 2.05) is 60.7 Å². The van der Waals surface area contributed by atoms with Gasteiger partial charge in [0.05, 0.1) is 20.3 Å². The van der Waals surface area contributed by atoms with Crippen LogP contribution in [0, 0.1) is 0 Å². The third-order valence-corrected chi connectivity index (χ3v) is 6.50. The smallest absolute Gasteiger partial charge is 0.302 e. The summed E-state index contributed by atoms with van der Waals surface area (Å²) in [5.41, 5.74) is 3.09. The van der Waals surface area contributed by atoms with Gasteiger partial charge in [0, 0.05) is 39.6 Å². The van der Waals surface area contributed by atoms with E-state index in [-0.39, 0.29) is 12.7 Å². The number of methoxy groups -OCH3 is 2. The fraction of sp³-hybridized carbons (Fsp3) is 0.367. The monoisotopic (exact) mass is 534 g/mol. The van der Waals surface area contributed by atoms with Crippen LogP contribution >= 0.6 is 0 Å². The van der Waals surface area contributed by atoms with Gasteiger partial charge in [-0.3, -0.25) is 9.59 Å². The standard InChI is InChI=1S/C30H34N2O7/c1-20(33)37-19-29-28(38-21(2)34)15-27(39-29)24-9-14-30(31-16-24)32(17-22-5-10-25(35-3)11-6-22)18-23-7-12-26(36-4)13-8-23/h5-14,16,27-29H,15,17-19H2,1-4H3/t27-,28-,29+/m0/s1. The summed E-state index contributed by atoms with van der Waals surface area (Å²) in [7, 11) is 3.30. The largest absolute Gasteiger partial charge is 0.497 e. The van der Waals surface area contributed by atoms with Crippen LogP contribution in [0.25, 0.3) is 0 Å². The number of pyridine rings is 1. The van der Waals surface area contributed by atoms with Crippen molar-refractivity contribution in [2.24, 2.45) is 0 Å². The highest BCUT2D eigenvalue weighted by atomic mass is 16.6. The van der Waals surface area contributed by atoms with Crippen LogP contribution in [-0.2, 0) is 36.9 Å². The Morgan fingerprint density at radius 2 is 1.46 bits per heavy atom. The average Bonchev–Trinajstić information content (AvgIpc) is 3.34. The second-order valence-corrected chi connectivity index (χ2v) is 9.35. The topological polar surface area (TPSA) is 96.4 Å². The van der Waals surface area contributed by atoms with Gasteiger partial charge >= 0.3 is 11.9 Å². The Kier molecular flexibility index (Phi) is 9.38. The second kappa shape index (κ2) is 13.1. The first-order valence-electron chi connectivity index (χ1n) is 12.8. The lowest BCUT2D eigenvalue weighted by Crippen LogP contribution is -2.31. The maximum Gasteiger partial charge on any atom is 0.302 e. The highest BCUT2D eigenvalue weighted by Crippen LogP contribution is 2.35. The van der Waals surface area contributed by atoms with E-state index in [1.165, 1.54) is 13.8 Å². The molecule has 39 heavy (non-hydrogen) atoms. The Balaban J connectivity index is 1.52. The fourth-order valence-corrected chi connectivity index (χ4v) is 4.51. The number of aromatic nitrogens is 1. The van der Waals surface area contributed by atoms with Crippen molar-refractivity contribution in [1.29, 1.82) is 0 Å². The molecular weight excluding hydrogens is 500 g/mol. The van der Waals surface area contributed by atoms with Crippen molar-refractivity contribution in [3.8, 4) is 11.5 Å². The van der Waals surface area contributed by atoms with Gasteiger partial charge in [-0.2, -0.15) is 0 Å². The van der Waals surface area contributed by atoms with E-state index in [1.54, 1.807) is 20.4 Å². The summed E-state index contributed by atoms with van der Waals surface area (Å²) in [4.78, 5) is 29.9. The zero-order valence-electron chi connectivity index (χ0n) is 22.7. The molecule has 1 aromatic heterocycles. The Morgan fingerprint density at radius 3 is 1.92 bits per heavy atom. The minimum absolute atomic E-state index is 0.0206. The molecule has 2 aromatic carbocycles. The molecule has 0 saturated carbocycles. The first-order chi connectivity index (χ1) is 18.8. The van der Waals surface area contributed by atoms with Gasteiger partial charge in [-0.25, -0.2) is 4.98 Å². The van der Waals surface area contributed by atoms with Crippen LogP contribution < -0.4 is 14.4 Å². The molecule has 0 aliphatic carbocycles. The molecule has 0 spiro atoms. The highest BCUT2D eigenvalue weighted by molar-refractivity contribution is 5.66. The van der Waals surface area contributed by atoms with Crippen LogP contribution in [0.3, 0.4) is 0 Å². The number of nitrogens with zero attached hydrogens (tertiary/aromatic N) is 2. The number of esters is 2. The van der Waals surface area contributed by atoms with E-state index >= 15 is 0 Å². The summed E-state index contributed by atoms with van der Waals surface area (Å²) < 4.78 is 27.3. The lowest BCUT2D eigenvalue weighted by Gasteiger charge is -2.25. The lowest BCUT2D eigenvalue weighted by molar-refractivity contribution is -0.154. The molecule has 1 aliphatic rings. The van der Waals surface area contributed by atoms with Crippen LogP contribution in [0.4, 0.5) is 5.82 Å². The van der Waals surface area contributed by atoms with E-state index < -0.39 is 24.1 Å². The van der Waals surface area contributed by atoms with Crippen molar-refractivity contribution >= 4 is 17.8 Å². The number of hydrogen-bond donors (Lipinski definition) is 0. The fourth-order valence-electron chi connectivity index (χ4n) is 4.51. The molecule has 0 amide bonds. The Hall–Kier alpha value is -4.11. The van der Waals surface area contributed by atoms with E-state index in [0.29, 0.717) is 19.5 Å². The summed E-state index contributed by atoms with van der Waals surface area (Å²) in [5.74, 6) is 1.59. The average molecular weight is 535 g/mol. The molecule has 1 saturated heterocycles. The van der Waals surface area contributed by atoms with Crippen LogP contribution in [0.5, 0.6) is 11.5 Å². The number of anilines is 1. The third kappa shape index (κ3) is 7.70. The maximum absolute atomic E-state index is 11.6. The first-order valence-corrected chi connectivity index (χ1v) is 12.8. The van der Waals surface area contributed by atoms with Gasteiger partial charge in [-0.15, -0.1) is 0 Å². The maximum atomic E-state index is 11.6. The minimum Gasteiger partial charge on any atom is -0.497 e.